The largest absolute Gasteiger partial charge is 0.494 e. The van der Waals surface area contributed by atoms with Crippen molar-refractivity contribution in [3.63, 3.8) is 0 Å². The SMILES string of the molecule is O=C(c1ccc(OCCCC(F)(F)C(F)(F)C(F)(F)C(F)(F)C(F)(F)C(F)(F)C(F)(F)C(F)(F)F)cc1)N1c2ccccc2C=Cc2ccccc21. The van der Waals surface area contributed by atoms with Gasteiger partial charge in [0, 0.05) is 12.0 Å². The summed E-state index contributed by atoms with van der Waals surface area (Å²) in [5.41, 5.74) is 2.36. The quantitative estimate of drug-likeness (QED) is 0.136. The zero-order valence-corrected chi connectivity index (χ0v) is 25.4. The van der Waals surface area contributed by atoms with Gasteiger partial charge >= 0.3 is 47.6 Å². The van der Waals surface area contributed by atoms with Crippen LogP contribution in [0.15, 0.2) is 72.8 Å². The minimum atomic E-state index is -8.67. The lowest BCUT2D eigenvalue weighted by molar-refractivity contribution is -0.461. The molecule has 0 aliphatic carbocycles. The standard InChI is InChI=1S/C32H20F17NO2/c33-25(34,26(35,36)27(37,38)28(39,40)29(41,42)30(43,44)31(45,46)32(47,48)49)16-5-17-52-21-14-12-20(13-15-21)24(51)50-22-8-3-1-6-18(22)10-11-19-7-2-4-9-23(19)50/h1-4,6-15H,5,16-17H2. The molecule has 1 aliphatic rings. The number of halogens is 17. The molecular formula is C32H20F17NO2. The van der Waals surface area contributed by atoms with E-state index in [1.807, 2.05) is 0 Å². The molecule has 3 aromatic carbocycles. The van der Waals surface area contributed by atoms with Gasteiger partial charge in [-0.15, -0.1) is 0 Å². The molecule has 0 unspecified atom stereocenters. The van der Waals surface area contributed by atoms with Crippen molar-refractivity contribution in [1.82, 2.24) is 0 Å². The Balaban J connectivity index is 1.46. The lowest BCUT2D eigenvalue weighted by atomic mass is 9.88. The van der Waals surface area contributed by atoms with Gasteiger partial charge in [-0.05, 0) is 53.9 Å². The third-order valence-electron chi connectivity index (χ3n) is 7.79. The topological polar surface area (TPSA) is 29.5 Å². The normalized spacial score (nSPS) is 14.8. The summed E-state index contributed by atoms with van der Waals surface area (Å²) in [6.45, 7) is -1.11. The van der Waals surface area contributed by atoms with Gasteiger partial charge < -0.3 is 4.74 Å². The third kappa shape index (κ3) is 6.30. The van der Waals surface area contributed by atoms with Crippen molar-refractivity contribution in [2.45, 2.75) is 60.5 Å². The van der Waals surface area contributed by atoms with Gasteiger partial charge in [-0.3, -0.25) is 9.69 Å². The molecule has 0 saturated heterocycles. The Morgan fingerprint density at radius 1 is 0.519 bits per heavy atom. The number of amides is 1. The van der Waals surface area contributed by atoms with Crippen LogP contribution in [0.3, 0.4) is 0 Å². The number of hydrogen-bond acceptors (Lipinski definition) is 2. The molecule has 52 heavy (non-hydrogen) atoms. The molecule has 0 aromatic heterocycles. The lowest BCUT2D eigenvalue weighted by Crippen LogP contribution is -2.74. The van der Waals surface area contributed by atoms with E-state index in [-0.39, 0.29) is 11.3 Å². The van der Waals surface area contributed by atoms with E-state index in [4.69, 9.17) is 4.74 Å². The molecular weight excluding hydrogens is 753 g/mol. The molecule has 284 valence electrons. The first-order valence-electron chi connectivity index (χ1n) is 14.3. The minimum Gasteiger partial charge on any atom is -0.494 e. The second kappa shape index (κ2) is 13.2. The van der Waals surface area contributed by atoms with E-state index in [9.17, 15) is 79.4 Å². The van der Waals surface area contributed by atoms with E-state index in [2.05, 4.69) is 0 Å². The molecule has 0 saturated carbocycles. The summed E-state index contributed by atoms with van der Waals surface area (Å²) in [6.07, 6.45) is -8.32. The Hall–Kier alpha value is -4.52. The molecule has 1 aliphatic heterocycles. The fourth-order valence-electron chi connectivity index (χ4n) is 4.85. The van der Waals surface area contributed by atoms with Crippen LogP contribution in [0.1, 0.15) is 34.3 Å². The highest BCUT2D eigenvalue weighted by molar-refractivity contribution is 6.14. The van der Waals surface area contributed by atoms with Crippen molar-refractivity contribution in [3.8, 4) is 5.75 Å². The Labute approximate surface area is 281 Å². The van der Waals surface area contributed by atoms with Crippen LogP contribution in [0.5, 0.6) is 5.75 Å². The van der Waals surface area contributed by atoms with Crippen LogP contribution in [-0.4, -0.2) is 60.1 Å². The van der Waals surface area contributed by atoms with Crippen molar-refractivity contribution in [3.05, 3.63) is 89.5 Å². The summed E-state index contributed by atoms with van der Waals surface area (Å²) < 4.78 is 234. The molecule has 3 aromatic rings. The highest BCUT2D eigenvalue weighted by atomic mass is 19.4. The van der Waals surface area contributed by atoms with Crippen molar-refractivity contribution in [1.29, 1.82) is 0 Å². The zero-order valence-electron chi connectivity index (χ0n) is 25.4. The maximum Gasteiger partial charge on any atom is 0.460 e. The predicted octanol–water partition coefficient (Wildman–Crippen LogP) is 11.3. The van der Waals surface area contributed by atoms with E-state index in [0.717, 1.165) is 12.1 Å². The van der Waals surface area contributed by atoms with Gasteiger partial charge in [-0.1, -0.05) is 48.6 Å². The van der Waals surface area contributed by atoms with Crippen LogP contribution in [0, 0.1) is 0 Å². The summed E-state index contributed by atoms with van der Waals surface area (Å²) in [5.74, 6) is -57.4. The summed E-state index contributed by atoms with van der Waals surface area (Å²) in [4.78, 5) is 15.0. The molecule has 0 spiro atoms. The van der Waals surface area contributed by atoms with Crippen LogP contribution in [0.4, 0.5) is 86.0 Å². The lowest BCUT2D eigenvalue weighted by Gasteiger charge is -2.42. The third-order valence-corrected chi connectivity index (χ3v) is 7.79. The van der Waals surface area contributed by atoms with E-state index in [1.54, 1.807) is 60.7 Å². The van der Waals surface area contributed by atoms with E-state index in [1.165, 1.54) is 17.0 Å². The summed E-state index contributed by atoms with van der Waals surface area (Å²) >= 11 is 0. The van der Waals surface area contributed by atoms with E-state index < -0.39 is 73.0 Å². The molecule has 0 bridgehead atoms. The number of carbonyl (C=O) groups is 1. The number of para-hydroxylation sites is 2. The zero-order chi connectivity index (χ0) is 39.3. The Morgan fingerprint density at radius 3 is 1.37 bits per heavy atom. The second-order valence-corrected chi connectivity index (χ2v) is 11.2. The molecule has 1 heterocycles. The highest BCUT2D eigenvalue weighted by Gasteiger charge is 2.95. The fourth-order valence-corrected chi connectivity index (χ4v) is 4.85. The van der Waals surface area contributed by atoms with Crippen molar-refractivity contribution in [2.75, 3.05) is 11.5 Å². The van der Waals surface area contributed by atoms with Gasteiger partial charge in [0.25, 0.3) is 5.91 Å². The number of ether oxygens (including phenoxy) is 1. The highest BCUT2D eigenvalue weighted by Crippen LogP contribution is 2.64. The molecule has 4 rings (SSSR count). The van der Waals surface area contributed by atoms with Crippen LogP contribution < -0.4 is 9.64 Å². The van der Waals surface area contributed by atoms with Crippen molar-refractivity contribution < 1.29 is 84.2 Å². The second-order valence-electron chi connectivity index (χ2n) is 11.2. The monoisotopic (exact) mass is 773 g/mol. The number of alkyl halides is 17. The van der Waals surface area contributed by atoms with E-state index >= 15 is 0 Å². The summed E-state index contributed by atoms with van der Waals surface area (Å²) in [5, 5.41) is 0. The number of benzene rings is 3. The van der Waals surface area contributed by atoms with E-state index in [0.29, 0.717) is 22.5 Å². The van der Waals surface area contributed by atoms with Gasteiger partial charge in [-0.2, -0.15) is 74.6 Å². The molecule has 0 atom stereocenters. The molecule has 0 N–H and O–H groups in total. The fraction of sp³-hybridized carbons (Fsp3) is 0.344. The van der Waals surface area contributed by atoms with Crippen LogP contribution in [-0.2, 0) is 0 Å². The van der Waals surface area contributed by atoms with Crippen LogP contribution in [0.25, 0.3) is 12.2 Å². The molecule has 20 heteroatoms. The summed E-state index contributed by atoms with van der Waals surface area (Å²) in [7, 11) is 0. The Kier molecular flexibility index (Phi) is 10.2. The van der Waals surface area contributed by atoms with Gasteiger partial charge in [0.2, 0.25) is 0 Å². The van der Waals surface area contributed by atoms with Gasteiger partial charge in [0.1, 0.15) is 5.75 Å². The van der Waals surface area contributed by atoms with Crippen LogP contribution >= 0.6 is 0 Å². The van der Waals surface area contributed by atoms with Gasteiger partial charge in [0.05, 0.1) is 18.0 Å². The first kappa shape index (κ1) is 40.3. The first-order chi connectivity index (χ1) is 23.7. The number of carbonyl (C=O) groups excluding carboxylic acids is 1. The molecule has 3 nitrogen and oxygen atoms in total. The van der Waals surface area contributed by atoms with Gasteiger partial charge in [0.15, 0.2) is 0 Å². The number of nitrogens with zero attached hydrogens (tertiary/aromatic N) is 1. The summed E-state index contributed by atoms with van der Waals surface area (Å²) in [6, 6.07) is 18.2. The number of hydrogen-bond donors (Lipinski definition) is 0. The van der Waals surface area contributed by atoms with Gasteiger partial charge in [-0.25, -0.2) is 0 Å². The molecule has 0 fully saturated rings. The molecule has 1 amide bonds. The van der Waals surface area contributed by atoms with Crippen molar-refractivity contribution in [2.24, 2.45) is 0 Å². The Morgan fingerprint density at radius 2 is 0.923 bits per heavy atom. The maximum atomic E-state index is 14.2. The smallest absolute Gasteiger partial charge is 0.460 e. The Bertz CT molecular complexity index is 1750. The number of rotatable bonds is 12. The molecule has 0 radical (unpaired) electrons. The number of fused-ring (bicyclic) bond motifs is 2. The first-order valence-corrected chi connectivity index (χ1v) is 14.3. The number of anilines is 2. The van der Waals surface area contributed by atoms with Crippen LogP contribution in [0.2, 0.25) is 0 Å². The van der Waals surface area contributed by atoms with Crippen molar-refractivity contribution >= 4 is 29.4 Å². The maximum absolute atomic E-state index is 14.2. The average molecular weight is 773 g/mol. The predicted molar refractivity (Wildman–Crippen MR) is 150 cm³/mol. The average Bonchev–Trinajstić information content (AvgIpc) is 3.22. The minimum absolute atomic E-state index is 0.0311.